The van der Waals surface area contributed by atoms with Crippen molar-refractivity contribution in [1.82, 2.24) is 0 Å². The highest BCUT2D eigenvalue weighted by molar-refractivity contribution is 5.76. The van der Waals surface area contributed by atoms with Crippen molar-refractivity contribution in [2.24, 2.45) is 62.1 Å². The summed E-state index contributed by atoms with van der Waals surface area (Å²) < 4.78 is 12.0. The van der Waals surface area contributed by atoms with Crippen LogP contribution in [0, 0.1) is 62.1 Å². The number of fused-ring (bicyclic) bond motifs is 5. The predicted molar refractivity (Wildman–Crippen MR) is 176 cm³/mol. The smallest absolute Gasteiger partial charge is 0.310 e. The zero-order valence-electron chi connectivity index (χ0n) is 29.5. The molecule has 276 valence electrons. The molecule has 8 N–H and O–H groups in total. The van der Waals surface area contributed by atoms with Gasteiger partial charge in [0.2, 0.25) is 0 Å². The van der Waals surface area contributed by atoms with Gasteiger partial charge in [0, 0.05) is 17.9 Å². The Morgan fingerprint density at radius 3 is 2.31 bits per heavy atom. The minimum absolute atomic E-state index is 0.0206. The number of aliphatic hydroxyl groups is 7. The molecule has 49 heavy (non-hydrogen) atoms. The van der Waals surface area contributed by atoms with Crippen LogP contribution in [0.4, 0.5) is 0 Å². The fourth-order valence-corrected chi connectivity index (χ4v) is 13.5. The summed E-state index contributed by atoms with van der Waals surface area (Å²) in [6, 6.07) is 0. The molecule has 18 unspecified atom stereocenters. The molecule has 1 saturated heterocycles. The van der Waals surface area contributed by atoms with Gasteiger partial charge in [0.15, 0.2) is 6.29 Å². The lowest BCUT2D eigenvalue weighted by Gasteiger charge is -2.76. The second kappa shape index (κ2) is 11.5. The zero-order chi connectivity index (χ0) is 35.7. The van der Waals surface area contributed by atoms with Crippen molar-refractivity contribution >= 4 is 5.97 Å². The average Bonchev–Trinajstić information content (AvgIpc) is 3.05. The van der Waals surface area contributed by atoms with Gasteiger partial charge in [-0.05, 0) is 90.3 Å². The molecule has 5 fully saturated rings. The number of aliphatic hydroxyl groups excluding tert-OH is 7. The van der Waals surface area contributed by atoms with Crippen molar-refractivity contribution in [1.29, 1.82) is 0 Å². The molecular weight excluding hydrogens is 632 g/mol. The van der Waals surface area contributed by atoms with E-state index in [1.165, 1.54) is 5.57 Å². The molecule has 7 aliphatic rings. The van der Waals surface area contributed by atoms with Crippen LogP contribution < -0.4 is 0 Å². The number of rotatable bonds is 6. The summed E-state index contributed by atoms with van der Waals surface area (Å²) in [5.41, 5.74) is -2.40. The van der Waals surface area contributed by atoms with E-state index in [0.717, 1.165) is 12.8 Å². The standard InChI is InChI=1S/C38H58O11/c1-33(18-40)10-12-38(32(46)47)13-11-34(2)20(22(38)15-33)8-9-24-35(34,3)14-19-6-7-21-26(43)30(49-31-28(45)27(44)23(41)17-48-31)37(5,25(42)16-39)29(19)36(21,24)4/h6-8,19,21-31,39-45H,9-18H2,1-5H3,(H,46,47). The van der Waals surface area contributed by atoms with Crippen LogP contribution in [0.25, 0.3) is 0 Å². The highest BCUT2D eigenvalue weighted by Crippen LogP contribution is 2.79. The summed E-state index contributed by atoms with van der Waals surface area (Å²) in [6.07, 6.45) is 1.84. The number of carbonyl (C=O) groups is 1. The van der Waals surface area contributed by atoms with Crippen LogP contribution >= 0.6 is 0 Å². The van der Waals surface area contributed by atoms with Gasteiger partial charge in [-0.1, -0.05) is 58.4 Å². The van der Waals surface area contributed by atoms with E-state index in [1.807, 2.05) is 6.92 Å². The maximum absolute atomic E-state index is 13.1. The van der Waals surface area contributed by atoms with Crippen LogP contribution in [0.2, 0.25) is 0 Å². The third kappa shape index (κ3) is 4.49. The Labute approximate surface area is 289 Å². The monoisotopic (exact) mass is 690 g/mol. The molecular formula is C38H58O11. The fourth-order valence-electron chi connectivity index (χ4n) is 13.5. The number of carboxylic acid groups (broad SMARTS) is 1. The quantitative estimate of drug-likeness (QED) is 0.150. The zero-order valence-corrected chi connectivity index (χ0v) is 29.5. The summed E-state index contributed by atoms with van der Waals surface area (Å²) in [5.74, 6) is -1.64. The Morgan fingerprint density at radius 2 is 1.65 bits per heavy atom. The first-order valence-electron chi connectivity index (χ1n) is 18.4. The summed E-state index contributed by atoms with van der Waals surface area (Å²) in [7, 11) is 0. The minimum atomic E-state index is -1.58. The van der Waals surface area contributed by atoms with Gasteiger partial charge in [0.05, 0.1) is 36.9 Å². The van der Waals surface area contributed by atoms with Crippen LogP contribution in [-0.4, -0.2) is 110 Å². The van der Waals surface area contributed by atoms with Gasteiger partial charge in [-0.2, -0.15) is 0 Å². The van der Waals surface area contributed by atoms with E-state index in [4.69, 9.17) is 9.47 Å². The van der Waals surface area contributed by atoms with Crippen LogP contribution in [0.15, 0.2) is 23.8 Å². The second-order valence-electron chi connectivity index (χ2n) is 18.4. The molecule has 0 spiro atoms. The van der Waals surface area contributed by atoms with Crippen LogP contribution in [0.5, 0.6) is 0 Å². The van der Waals surface area contributed by atoms with Crippen LogP contribution in [-0.2, 0) is 14.3 Å². The minimum Gasteiger partial charge on any atom is -0.481 e. The Morgan fingerprint density at radius 1 is 0.959 bits per heavy atom. The number of hydrogen-bond acceptors (Lipinski definition) is 10. The summed E-state index contributed by atoms with van der Waals surface area (Å²) >= 11 is 0. The van der Waals surface area contributed by atoms with Crippen molar-refractivity contribution in [2.75, 3.05) is 19.8 Å². The first kappa shape index (κ1) is 36.0. The van der Waals surface area contributed by atoms with E-state index in [9.17, 15) is 45.6 Å². The fraction of sp³-hybridized carbons (Fsp3) is 0.868. The largest absolute Gasteiger partial charge is 0.481 e. The molecule has 18 atom stereocenters. The highest BCUT2D eigenvalue weighted by atomic mass is 16.7. The maximum atomic E-state index is 13.1. The van der Waals surface area contributed by atoms with Gasteiger partial charge in [0.1, 0.15) is 18.3 Å². The molecule has 4 bridgehead atoms. The Kier molecular flexibility index (Phi) is 8.47. The van der Waals surface area contributed by atoms with E-state index in [1.54, 1.807) is 0 Å². The van der Waals surface area contributed by atoms with Crippen molar-refractivity contribution in [2.45, 2.75) is 122 Å². The van der Waals surface area contributed by atoms with E-state index < -0.39 is 77.7 Å². The molecule has 1 heterocycles. The number of aliphatic carboxylic acids is 1. The highest BCUT2D eigenvalue weighted by Gasteiger charge is 2.76. The maximum Gasteiger partial charge on any atom is 0.310 e. The van der Waals surface area contributed by atoms with Gasteiger partial charge < -0.3 is 50.3 Å². The lowest BCUT2D eigenvalue weighted by molar-refractivity contribution is -0.349. The topological polar surface area (TPSA) is 197 Å². The number of carboxylic acids is 1. The molecule has 0 amide bonds. The molecule has 1 aliphatic heterocycles. The lowest BCUT2D eigenvalue weighted by atomic mass is 9.29. The predicted octanol–water partition coefficient (Wildman–Crippen LogP) is 2.00. The number of ether oxygens (including phenoxy) is 2. The Balaban J connectivity index is 1.32. The van der Waals surface area contributed by atoms with Gasteiger partial charge in [-0.15, -0.1) is 0 Å². The second-order valence-corrected chi connectivity index (χ2v) is 18.4. The molecule has 0 aromatic heterocycles. The summed E-state index contributed by atoms with van der Waals surface area (Å²) in [5, 5.41) is 87.0. The van der Waals surface area contributed by atoms with E-state index >= 15 is 0 Å². The molecule has 0 aromatic rings. The van der Waals surface area contributed by atoms with Crippen molar-refractivity contribution in [3.8, 4) is 0 Å². The number of hydrogen-bond donors (Lipinski definition) is 8. The Bertz CT molecular complexity index is 1400. The van der Waals surface area contributed by atoms with Gasteiger partial charge >= 0.3 is 5.97 Å². The molecule has 0 radical (unpaired) electrons. The van der Waals surface area contributed by atoms with Gasteiger partial charge in [0.25, 0.3) is 0 Å². The first-order valence-corrected chi connectivity index (χ1v) is 18.4. The molecule has 11 heteroatoms. The van der Waals surface area contributed by atoms with E-state index in [2.05, 4.69) is 45.9 Å². The van der Waals surface area contributed by atoms with Crippen LogP contribution in [0.1, 0.15) is 79.6 Å². The van der Waals surface area contributed by atoms with E-state index in [0.29, 0.717) is 32.1 Å². The Hall–Kier alpha value is -1.41. The molecule has 6 aliphatic carbocycles. The molecule has 7 rings (SSSR count). The summed E-state index contributed by atoms with van der Waals surface area (Å²) in [6.45, 7) is 9.98. The lowest BCUT2D eigenvalue weighted by Crippen LogP contribution is -2.76. The van der Waals surface area contributed by atoms with Crippen molar-refractivity contribution < 1.29 is 55.1 Å². The van der Waals surface area contributed by atoms with Crippen molar-refractivity contribution in [3.63, 3.8) is 0 Å². The third-order valence-corrected chi connectivity index (χ3v) is 16.4. The molecule has 4 saturated carbocycles. The SMILES string of the molecule is CC1(CO)CCC2(C(=O)O)CCC3(C)C(=CCC4C5(C)C6C=CC(CC43C)C5C(C)(C(O)CO)C(OC3OCC(O)C(O)C3O)C6O)C2C1. The average molecular weight is 691 g/mol. The van der Waals surface area contributed by atoms with Crippen molar-refractivity contribution in [3.05, 3.63) is 23.8 Å². The summed E-state index contributed by atoms with van der Waals surface area (Å²) in [4.78, 5) is 13.1. The molecule has 11 nitrogen and oxygen atoms in total. The number of allylic oxidation sites excluding steroid dienone is 3. The van der Waals surface area contributed by atoms with Gasteiger partial charge in [-0.25, -0.2) is 0 Å². The first-order chi connectivity index (χ1) is 22.9. The van der Waals surface area contributed by atoms with Gasteiger partial charge in [-0.3, -0.25) is 4.79 Å². The molecule has 0 aromatic carbocycles. The van der Waals surface area contributed by atoms with Crippen LogP contribution in [0.3, 0.4) is 0 Å². The normalized spacial score (nSPS) is 56.9. The van der Waals surface area contributed by atoms with E-state index in [-0.39, 0.29) is 53.1 Å². The third-order valence-electron chi connectivity index (χ3n) is 16.4.